The minimum Gasteiger partial charge on any atom is -0.481 e. The molecule has 1 heterocycles. The summed E-state index contributed by atoms with van der Waals surface area (Å²) < 4.78 is 5.25. The van der Waals surface area contributed by atoms with E-state index < -0.39 is 0 Å². The summed E-state index contributed by atoms with van der Waals surface area (Å²) in [4.78, 5) is 4.34. The standard InChI is InChI=1S/C11H12BNO/c1-7-6-9-8(11(13-7)14-2)4-3-5-10(9)12/h3-6H,12H2,1-2H3. The van der Waals surface area contributed by atoms with Crippen LogP contribution in [0.3, 0.4) is 0 Å². The number of aryl methyl sites for hydroxylation is 1. The second kappa shape index (κ2) is 3.33. The zero-order valence-electron chi connectivity index (χ0n) is 8.66. The first-order valence-corrected chi connectivity index (χ1v) is 4.63. The zero-order valence-corrected chi connectivity index (χ0v) is 8.66. The topological polar surface area (TPSA) is 22.1 Å². The fraction of sp³-hybridized carbons (Fsp3) is 0.182. The molecule has 2 aromatic rings. The number of nitrogens with zero attached hydrogens (tertiary/aromatic N) is 1. The predicted molar refractivity (Wildman–Crippen MR) is 61.2 cm³/mol. The summed E-state index contributed by atoms with van der Waals surface area (Å²) in [6.07, 6.45) is 0. The predicted octanol–water partition coefficient (Wildman–Crippen LogP) is 0.810. The van der Waals surface area contributed by atoms with Crippen molar-refractivity contribution in [2.45, 2.75) is 6.92 Å². The van der Waals surface area contributed by atoms with E-state index in [0.717, 1.165) is 11.1 Å². The first kappa shape index (κ1) is 9.07. The molecule has 0 aliphatic rings. The van der Waals surface area contributed by atoms with Crippen molar-refractivity contribution in [3.63, 3.8) is 0 Å². The van der Waals surface area contributed by atoms with Crippen molar-refractivity contribution in [2.24, 2.45) is 0 Å². The number of methoxy groups -OCH3 is 1. The molecule has 3 heteroatoms. The summed E-state index contributed by atoms with van der Waals surface area (Å²) >= 11 is 0. The number of hydrogen-bond donors (Lipinski definition) is 0. The van der Waals surface area contributed by atoms with Crippen LogP contribution in [0.4, 0.5) is 0 Å². The average Bonchev–Trinajstić information content (AvgIpc) is 2.18. The molecule has 0 radical (unpaired) electrons. The van der Waals surface area contributed by atoms with Gasteiger partial charge in [-0.15, -0.1) is 0 Å². The number of aromatic nitrogens is 1. The van der Waals surface area contributed by atoms with Gasteiger partial charge in [-0.1, -0.05) is 17.6 Å². The van der Waals surface area contributed by atoms with Gasteiger partial charge in [-0.25, -0.2) is 4.98 Å². The molecule has 0 saturated heterocycles. The molecule has 0 amide bonds. The number of pyridine rings is 1. The van der Waals surface area contributed by atoms with Crippen LogP contribution in [0, 0.1) is 6.92 Å². The number of rotatable bonds is 1. The van der Waals surface area contributed by atoms with Crippen LogP contribution >= 0.6 is 0 Å². The highest BCUT2D eigenvalue weighted by atomic mass is 16.5. The lowest BCUT2D eigenvalue weighted by Gasteiger charge is -2.07. The summed E-state index contributed by atoms with van der Waals surface area (Å²) in [7, 11) is 3.75. The van der Waals surface area contributed by atoms with E-state index in [9.17, 15) is 0 Å². The van der Waals surface area contributed by atoms with Gasteiger partial charge in [0.1, 0.15) is 7.85 Å². The van der Waals surface area contributed by atoms with Gasteiger partial charge in [0.05, 0.1) is 7.11 Å². The number of ether oxygens (including phenoxy) is 1. The molecule has 2 rings (SSSR count). The third-order valence-corrected chi connectivity index (χ3v) is 2.38. The molecule has 0 aliphatic heterocycles. The van der Waals surface area contributed by atoms with E-state index in [1.54, 1.807) is 7.11 Å². The molecule has 0 spiro atoms. The largest absolute Gasteiger partial charge is 0.481 e. The SMILES string of the molecule is Bc1cccc2c(OC)nc(C)cc12. The molecule has 1 aromatic heterocycles. The summed E-state index contributed by atoms with van der Waals surface area (Å²) in [5.74, 6) is 0.712. The molecule has 0 aliphatic carbocycles. The van der Waals surface area contributed by atoms with E-state index in [1.807, 2.05) is 19.1 Å². The smallest absolute Gasteiger partial charge is 0.221 e. The average molecular weight is 185 g/mol. The molecular formula is C11H12BNO. The van der Waals surface area contributed by atoms with Crippen molar-refractivity contribution in [1.29, 1.82) is 0 Å². The van der Waals surface area contributed by atoms with Crippen LogP contribution in [-0.2, 0) is 0 Å². The molecule has 2 nitrogen and oxygen atoms in total. The number of fused-ring (bicyclic) bond motifs is 1. The summed E-state index contributed by atoms with van der Waals surface area (Å²) in [5, 5.41) is 2.30. The fourth-order valence-electron chi connectivity index (χ4n) is 1.68. The van der Waals surface area contributed by atoms with Crippen molar-refractivity contribution in [3.8, 4) is 5.88 Å². The number of benzene rings is 1. The lowest BCUT2D eigenvalue weighted by atomic mass is 9.90. The molecule has 0 fully saturated rings. The molecule has 0 N–H and O–H groups in total. The zero-order chi connectivity index (χ0) is 10.1. The first-order valence-electron chi connectivity index (χ1n) is 4.63. The third kappa shape index (κ3) is 1.35. The molecular weight excluding hydrogens is 173 g/mol. The highest BCUT2D eigenvalue weighted by molar-refractivity contribution is 6.38. The molecule has 0 unspecified atom stereocenters. The maximum Gasteiger partial charge on any atom is 0.221 e. The highest BCUT2D eigenvalue weighted by Crippen LogP contribution is 2.22. The Morgan fingerprint density at radius 3 is 2.79 bits per heavy atom. The Morgan fingerprint density at radius 1 is 1.29 bits per heavy atom. The van der Waals surface area contributed by atoms with Crippen molar-refractivity contribution in [1.82, 2.24) is 4.98 Å². The summed E-state index contributed by atoms with van der Waals surface area (Å²) in [6, 6.07) is 8.25. The van der Waals surface area contributed by atoms with Gasteiger partial charge in [-0.3, -0.25) is 0 Å². The van der Waals surface area contributed by atoms with E-state index in [1.165, 1.54) is 10.8 Å². The second-order valence-corrected chi connectivity index (χ2v) is 3.44. The normalized spacial score (nSPS) is 10.4. The van der Waals surface area contributed by atoms with Crippen molar-refractivity contribution in [3.05, 3.63) is 30.0 Å². The fourth-order valence-corrected chi connectivity index (χ4v) is 1.68. The van der Waals surface area contributed by atoms with Gasteiger partial charge in [0, 0.05) is 11.1 Å². The van der Waals surface area contributed by atoms with Gasteiger partial charge < -0.3 is 4.74 Å². The lowest BCUT2D eigenvalue weighted by Crippen LogP contribution is -2.04. The maximum atomic E-state index is 5.25. The van der Waals surface area contributed by atoms with Crippen LogP contribution in [0.15, 0.2) is 24.3 Å². The van der Waals surface area contributed by atoms with Gasteiger partial charge >= 0.3 is 0 Å². The molecule has 0 saturated carbocycles. The molecule has 14 heavy (non-hydrogen) atoms. The van der Waals surface area contributed by atoms with E-state index in [0.29, 0.717) is 5.88 Å². The molecule has 0 atom stereocenters. The molecule has 70 valence electrons. The first-order chi connectivity index (χ1) is 6.72. The molecule has 1 aromatic carbocycles. The quantitative estimate of drug-likeness (QED) is 0.613. The van der Waals surface area contributed by atoms with Gasteiger partial charge in [0.2, 0.25) is 5.88 Å². The van der Waals surface area contributed by atoms with Crippen molar-refractivity contribution < 1.29 is 4.74 Å². The van der Waals surface area contributed by atoms with Crippen LogP contribution in [-0.4, -0.2) is 19.9 Å². The van der Waals surface area contributed by atoms with E-state index in [2.05, 4.69) is 25.0 Å². The van der Waals surface area contributed by atoms with Gasteiger partial charge in [-0.05, 0) is 24.4 Å². The third-order valence-electron chi connectivity index (χ3n) is 2.38. The van der Waals surface area contributed by atoms with E-state index in [-0.39, 0.29) is 0 Å². The van der Waals surface area contributed by atoms with Crippen molar-refractivity contribution in [2.75, 3.05) is 7.11 Å². The summed E-state index contributed by atoms with van der Waals surface area (Å²) in [5.41, 5.74) is 2.25. The van der Waals surface area contributed by atoms with Crippen LogP contribution in [0.25, 0.3) is 10.8 Å². The minimum atomic E-state index is 0.712. The maximum absolute atomic E-state index is 5.25. The van der Waals surface area contributed by atoms with Gasteiger partial charge in [0.25, 0.3) is 0 Å². The van der Waals surface area contributed by atoms with Gasteiger partial charge in [-0.2, -0.15) is 0 Å². The lowest BCUT2D eigenvalue weighted by molar-refractivity contribution is 0.402. The monoisotopic (exact) mass is 185 g/mol. The van der Waals surface area contributed by atoms with Crippen LogP contribution < -0.4 is 10.2 Å². The Hall–Kier alpha value is -1.51. The Morgan fingerprint density at radius 2 is 2.07 bits per heavy atom. The Bertz CT molecular complexity index is 482. The second-order valence-electron chi connectivity index (χ2n) is 3.44. The van der Waals surface area contributed by atoms with Crippen LogP contribution in [0.5, 0.6) is 5.88 Å². The van der Waals surface area contributed by atoms with Crippen LogP contribution in [0.2, 0.25) is 0 Å². The highest BCUT2D eigenvalue weighted by Gasteiger charge is 2.04. The Balaban J connectivity index is 2.87. The van der Waals surface area contributed by atoms with E-state index >= 15 is 0 Å². The minimum absolute atomic E-state index is 0.712. The summed E-state index contributed by atoms with van der Waals surface area (Å²) in [6.45, 7) is 1.98. The Labute approximate surface area is 84.3 Å². The van der Waals surface area contributed by atoms with Crippen molar-refractivity contribution >= 4 is 24.1 Å². The molecule has 0 bridgehead atoms. The Kier molecular flexibility index (Phi) is 2.16. The van der Waals surface area contributed by atoms with E-state index in [4.69, 9.17) is 4.74 Å². The number of hydrogen-bond acceptors (Lipinski definition) is 2. The van der Waals surface area contributed by atoms with Gasteiger partial charge in [0.15, 0.2) is 0 Å². The van der Waals surface area contributed by atoms with Crippen LogP contribution in [0.1, 0.15) is 5.69 Å².